The second-order valence-electron chi connectivity index (χ2n) is 9.85. The molecule has 0 heterocycles. The first kappa shape index (κ1) is 33.7. The van der Waals surface area contributed by atoms with Crippen LogP contribution in [0, 0.1) is 0 Å². The highest BCUT2D eigenvalue weighted by atomic mass is 35.5. The normalized spacial score (nSPS) is 13.1. The number of benzene rings is 3. The number of carbonyl (C=O) groups is 2. The van der Waals surface area contributed by atoms with Crippen molar-refractivity contribution in [1.29, 1.82) is 0 Å². The van der Waals surface area contributed by atoms with Crippen LogP contribution in [0.3, 0.4) is 0 Å². The van der Waals surface area contributed by atoms with E-state index in [2.05, 4.69) is 5.32 Å². The minimum Gasteiger partial charge on any atom is -0.497 e. The maximum atomic E-state index is 13.9. The fourth-order valence-corrected chi connectivity index (χ4v) is 5.76. The van der Waals surface area contributed by atoms with Gasteiger partial charge in [-0.3, -0.25) is 13.9 Å². The molecule has 0 saturated carbocycles. The van der Waals surface area contributed by atoms with Crippen LogP contribution in [0.15, 0.2) is 77.7 Å². The van der Waals surface area contributed by atoms with Crippen LogP contribution in [0.25, 0.3) is 0 Å². The lowest BCUT2D eigenvalue weighted by Gasteiger charge is -2.32. The molecule has 1 N–H and O–H groups in total. The molecule has 0 radical (unpaired) electrons. The van der Waals surface area contributed by atoms with Crippen molar-refractivity contribution in [3.8, 4) is 5.75 Å². The Morgan fingerprint density at radius 1 is 1.00 bits per heavy atom. The Hall–Kier alpha value is -3.77. The zero-order chi connectivity index (χ0) is 31.9. The number of nitrogens with zero attached hydrogens (tertiary/aromatic N) is 2. The smallest absolute Gasteiger partial charge is 0.417 e. The lowest BCUT2D eigenvalue weighted by Crippen LogP contribution is -2.52. The van der Waals surface area contributed by atoms with Gasteiger partial charge in [-0.05, 0) is 68.3 Å². The van der Waals surface area contributed by atoms with Gasteiger partial charge in [0, 0.05) is 12.6 Å². The average Bonchev–Trinajstić information content (AvgIpc) is 2.98. The number of sulfonamides is 1. The highest BCUT2D eigenvalue weighted by molar-refractivity contribution is 7.92. The first-order valence-electron chi connectivity index (χ1n) is 13.4. The number of rotatable bonds is 12. The van der Waals surface area contributed by atoms with Gasteiger partial charge in [-0.2, -0.15) is 13.2 Å². The topological polar surface area (TPSA) is 96.0 Å². The molecular formula is C30H33ClF3N3O5S. The molecule has 3 rings (SSSR count). The van der Waals surface area contributed by atoms with Gasteiger partial charge in [-0.25, -0.2) is 8.42 Å². The predicted octanol–water partition coefficient (Wildman–Crippen LogP) is 5.89. The van der Waals surface area contributed by atoms with Crippen molar-refractivity contribution in [3.63, 3.8) is 0 Å². The van der Waals surface area contributed by atoms with Crippen LogP contribution in [-0.2, 0) is 32.3 Å². The van der Waals surface area contributed by atoms with Gasteiger partial charge in [0.2, 0.25) is 11.8 Å². The molecule has 232 valence electrons. The van der Waals surface area contributed by atoms with Crippen LogP contribution in [0.5, 0.6) is 5.75 Å². The molecule has 8 nitrogen and oxygen atoms in total. The molecule has 0 bridgehead atoms. The van der Waals surface area contributed by atoms with Crippen LogP contribution in [-0.4, -0.2) is 50.9 Å². The lowest BCUT2D eigenvalue weighted by molar-refractivity contribution is -0.139. The van der Waals surface area contributed by atoms with E-state index < -0.39 is 56.9 Å². The van der Waals surface area contributed by atoms with Gasteiger partial charge in [-0.1, -0.05) is 48.9 Å². The molecule has 0 aliphatic heterocycles. The van der Waals surface area contributed by atoms with E-state index in [-0.39, 0.29) is 17.5 Å². The van der Waals surface area contributed by atoms with E-state index in [0.717, 1.165) is 12.1 Å². The SMILES string of the molecule is CC[C@H](C)NC(=O)[C@H](C)N(Cc1ccc(OC)cc1)C(=O)CN(c1ccc(Cl)c(C(F)(F)F)c1)S(=O)(=O)c1ccccc1. The Bertz CT molecular complexity index is 1520. The molecule has 0 aromatic heterocycles. The number of hydrogen-bond acceptors (Lipinski definition) is 5. The molecule has 0 aliphatic carbocycles. The van der Waals surface area contributed by atoms with Crippen molar-refractivity contribution in [2.45, 2.75) is 56.9 Å². The van der Waals surface area contributed by atoms with Crippen molar-refractivity contribution >= 4 is 39.1 Å². The molecule has 0 saturated heterocycles. The lowest BCUT2D eigenvalue weighted by atomic mass is 10.1. The second-order valence-corrected chi connectivity index (χ2v) is 12.1. The minimum absolute atomic E-state index is 0.0917. The quantitative estimate of drug-likeness (QED) is 0.267. The molecule has 0 fully saturated rings. The van der Waals surface area contributed by atoms with Gasteiger partial charge in [0.15, 0.2) is 0 Å². The zero-order valence-electron chi connectivity index (χ0n) is 24.1. The summed E-state index contributed by atoms with van der Waals surface area (Å²) in [4.78, 5) is 28.0. The van der Waals surface area contributed by atoms with Crippen molar-refractivity contribution < 1.29 is 35.9 Å². The molecule has 13 heteroatoms. The van der Waals surface area contributed by atoms with Gasteiger partial charge >= 0.3 is 6.18 Å². The van der Waals surface area contributed by atoms with Crippen LogP contribution < -0.4 is 14.4 Å². The van der Waals surface area contributed by atoms with Crippen LogP contribution in [0.2, 0.25) is 5.02 Å². The Labute approximate surface area is 254 Å². The van der Waals surface area contributed by atoms with Gasteiger partial charge < -0.3 is 15.0 Å². The number of halogens is 4. The van der Waals surface area contributed by atoms with Crippen molar-refractivity contribution in [1.82, 2.24) is 10.2 Å². The first-order chi connectivity index (χ1) is 20.2. The number of methoxy groups -OCH3 is 1. The minimum atomic E-state index is -4.89. The van der Waals surface area contributed by atoms with E-state index in [0.29, 0.717) is 28.1 Å². The summed E-state index contributed by atoms with van der Waals surface area (Å²) in [5, 5.41) is 2.19. The molecule has 0 aliphatic rings. The third-order valence-corrected chi connectivity index (χ3v) is 8.95. The molecule has 2 amide bonds. The van der Waals surface area contributed by atoms with E-state index in [1.807, 2.05) is 6.92 Å². The fourth-order valence-electron chi connectivity index (χ4n) is 4.11. The van der Waals surface area contributed by atoms with E-state index in [1.54, 1.807) is 37.3 Å². The maximum absolute atomic E-state index is 13.9. The van der Waals surface area contributed by atoms with Gasteiger partial charge in [-0.15, -0.1) is 0 Å². The summed E-state index contributed by atoms with van der Waals surface area (Å²) in [5.74, 6) is -0.724. The largest absolute Gasteiger partial charge is 0.497 e. The third-order valence-electron chi connectivity index (χ3n) is 6.83. The Morgan fingerprint density at radius 2 is 1.63 bits per heavy atom. The van der Waals surface area contributed by atoms with Crippen LogP contribution in [0.1, 0.15) is 38.3 Å². The van der Waals surface area contributed by atoms with Crippen molar-refractivity contribution in [2.75, 3.05) is 18.0 Å². The number of ether oxygens (including phenoxy) is 1. The second kappa shape index (κ2) is 14.1. The Morgan fingerprint density at radius 3 is 2.19 bits per heavy atom. The standard InChI is InChI=1S/C30H33ClF3N3O5S/c1-5-20(2)35-29(39)21(3)36(18-22-11-14-24(42-4)15-12-22)28(38)19-37(43(40,41)25-9-7-6-8-10-25)23-13-16-27(31)26(17-23)30(32,33)34/h6-17,20-21H,5,18-19H2,1-4H3,(H,35,39)/t20-,21-/m0/s1. The van der Waals surface area contributed by atoms with Gasteiger partial charge in [0.1, 0.15) is 18.3 Å². The summed E-state index contributed by atoms with van der Waals surface area (Å²) >= 11 is 5.80. The Balaban J connectivity index is 2.10. The van der Waals surface area contributed by atoms with E-state index >= 15 is 0 Å². The molecule has 0 unspecified atom stereocenters. The molecular weight excluding hydrogens is 607 g/mol. The van der Waals surface area contributed by atoms with E-state index in [4.69, 9.17) is 16.3 Å². The summed E-state index contributed by atoms with van der Waals surface area (Å²) in [6.07, 6.45) is -4.26. The number of carbonyl (C=O) groups excluding carboxylic acids is 2. The summed E-state index contributed by atoms with van der Waals surface area (Å²) in [7, 11) is -3.06. The third kappa shape index (κ3) is 8.41. The van der Waals surface area contributed by atoms with E-state index in [1.165, 1.54) is 43.2 Å². The molecule has 3 aromatic rings. The van der Waals surface area contributed by atoms with Gasteiger partial charge in [0.25, 0.3) is 10.0 Å². The number of anilines is 1. The first-order valence-corrected chi connectivity index (χ1v) is 15.2. The molecule has 0 spiro atoms. The van der Waals surface area contributed by atoms with Crippen molar-refractivity contribution in [2.24, 2.45) is 0 Å². The average molecular weight is 640 g/mol. The zero-order valence-corrected chi connectivity index (χ0v) is 25.6. The molecule has 2 atom stereocenters. The summed E-state index contributed by atoms with van der Waals surface area (Å²) in [6, 6.07) is 15.1. The fraction of sp³-hybridized carbons (Fsp3) is 0.333. The Kier molecular flexibility index (Phi) is 11.1. The highest BCUT2D eigenvalue weighted by Gasteiger charge is 2.37. The van der Waals surface area contributed by atoms with Crippen LogP contribution in [0.4, 0.5) is 18.9 Å². The monoisotopic (exact) mass is 639 g/mol. The summed E-state index contributed by atoms with van der Waals surface area (Å²) < 4.78 is 74.6. The van der Waals surface area contributed by atoms with E-state index in [9.17, 15) is 31.2 Å². The number of amides is 2. The van der Waals surface area contributed by atoms with Crippen LogP contribution >= 0.6 is 11.6 Å². The van der Waals surface area contributed by atoms with Gasteiger partial charge in [0.05, 0.1) is 28.3 Å². The predicted molar refractivity (Wildman–Crippen MR) is 158 cm³/mol. The highest BCUT2D eigenvalue weighted by Crippen LogP contribution is 2.38. The summed E-state index contributed by atoms with van der Waals surface area (Å²) in [6.45, 7) is 4.19. The number of nitrogens with one attached hydrogen (secondary N) is 1. The molecule has 3 aromatic carbocycles. The summed E-state index contributed by atoms with van der Waals surface area (Å²) in [5.41, 5.74) is -1.07. The number of alkyl halides is 3. The number of hydrogen-bond donors (Lipinski definition) is 1. The van der Waals surface area contributed by atoms with Crippen molar-refractivity contribution in [3.05, 3.63) is 88.9 Å². The molecule has 43 heavy (non-hydrogen) atoms. The maximum Gasteiger partial charge on any atom is 0.417 e.